The Labute approximate surface area is 149 Å². The van der Waals surface area contributed by atoms with Crippen LogP contribution in [0.2, 0.25) is 0 Å². The molecule has 1 aliphatic rings. The van der Waals surface area contributed by atoms with E-state index in [2.05, 4.69) is 19.0 Å². The van der Waals surface area contributed by atoms with Gasteiger partial charge >= 0.3 is 11.4 Å². The van der Waals surface area contributed by atoms with E-state index in [1.165, 1.54) is 0 Å². The fourth-order valence-corrected chi connectivity index (χ4v) is 2.95. The number of carbonyl (C=O) groups is 3. The van der Waals surface area contributed by atoms with Crippen LogP contribution in [0.25, 0.3) is 0 Å². The molecule has 25 heavy (non-hydrogen) atoms. The van der Waals surface area contributed by atoms with E-state index >= 15 is 0 Å². The molecule has 0 bridgehead atoms. The summed E-state index contributed by atoms with van der Waals surface area (Å²) in [5.41, 5.74) is 0. The van der Waals surface area contributed by atoms with Gasteiger partial charge in [0, 0.05) is 6.54 Å². The van der Waals surface area contributed by atoms with E-state index in [-0.39, 0.29) is 11.8 Å². The van der Waals surface area contributed by atoms with Crippen molar-refractivity contribution in [3.05, 3.63) is 0 Å². The summed E-state index contributed by atoms with van der Waals surface area (Å²) in [6.45, 7) is 8.29. The van der Waals surface area contributed by atoms with E-state index in [0.29, 0.717) is 18.9 Å². The van der Waals surface area contributed by atoms with Crippen molar-refractivity contribution >= 4 is 29.1 Å². The molecule has 0 saturated carbocycles. The third-order valence-corrected chi connectivity index (χ3v) is 4.22. The van der Waals surface area contributed by atoms with Crippen LogP contribution < -0.4 is 15.7 Å². The molecule has 0 aliphatic carbocycles. The first kappa shape index (κ1) is 21.5. The zero-order valence-electron chi connectivity index (χ0n) is 14.8. The van der Waals surface area contributed by atoms with E-state index in [0.717, 1.165) is 6.42 Å². The van der Waals surface area contributed by atoms with Crippen LogP contribution in [0.1, 0.15) is 40.5 Å². The first-order valence-electron chi connectivity index (χ1n) is 8.16. The average Bonchev–Trinajstić information content (AvgIpc) is 2.88. The fraction of sp³-hybridized carbons (Fsp3) is 0.800. The lowest BCUT2D eigenvalue weighted by atomic mass is 10.0. The zero-order chi connectivity index (χ0) is 19.1. The zero-order valence-corrected chi connectivity index (χ0v) is 15.6. The third-order valence-electron chi connectivity index (χ3n) is 3.49. The minimum absolute atomic E-state index is 0.105. The molecule has 0 aromatic rings. The predicted molar refractivity (Wildman–Crippen MR) is 86.7 cm³/mol. The molecule has 1 unspecified atom stereocenters. The summed E-state index contributed by atoms with van der Waals surface area (Å²) in [6, 6.07) is -0.861. The molecule has 1 rings (SSSR count). The van der Waals surface area contributed by atoms with Crippen molar-refractivity contribution in [1.29, 1.82) is 0 Å². The molecule has 4 atom stereocenters. The predicted octanol–water partition coefficient (Wildman–Crippen LogP) is -1.21. The maximum atomic E-state index is 12.3. The monoisotopic (exact) mass is 377 g/mol. The number of carboxylic acid groups (broad SMARTS) is 1. The second-order valence-corrected chi connectivity index (χ2v) is 7.51. The molecule has 1 aliphatic heterocycles. The lowest BCUT2D eigenvalue weighted by molar-refractivity contribution is -0.314. The van der Waals surface area contributed by atoms with E-state index in [1.807, 2.05) is 27.7 Å². The summed E-state index contributed by atoms with van der Waals surface area (Å²) in [4.78, 5) is 35.5. The largest absolute Gasteiger partial charge is 0.547 e. The number of carboxylic acids is 1. The van der Waals surface area contributed by atoms with Crippen molar-refractivity contribution in [3.8, 4) is 0 Å². The van der Waals surface area contributed by atoms with Crippen LogP contribution in [-0.2, 0) is 34.1 Å². The van der Waals surface area contributed by atoms with Gasteiger partial charge in [-0.2, -0.15) is 4.21 Å². The molecule has 2 N–H and O–H groups in total. The standard InChI is InChI=1S/C15H26N2O7S/c1-8(2)5-6-16-13(18)10(7-9(3)4)17-14(19)11-12(15(20)21)24-25(22)23-11/h8-12H,5-7H2,1-4H3,(H,16,18)(H,17,19)(H,20,21)/p-1/t10-,11+,12+,25?/m0/s1. The normalized spacial score (nSPS) is 24.3. The molecule has 2 amide bonds. The number of aliphatic carboxylic acids is 1. The van der Waals surface area contributed by atoms with Crippen molar-refractivity contribution in [2.24, 2.45) is 11.8 Å². The van der Waals surface area contributed by atoms with Crippen LogP contribution in [0, 0.1) is 11.8 Å². The summed E-state index contributed by atoms with van der Waals surface area (Å²) in [5, 5.41) is 16.2. The summed E-state index contributed by atoms with van der Waals surface area (Å²) in [5.74, 6) is -2.44. The van der Waals surface area contributed by atoms with Gasteiger partial charge in [-0.25, -0.2) is 0 Å². The molecular formula is C15H25N2O7S-. The molecule has 1 heterocycles. The summed E-state index contributed by atoms with van der Waals surface area (Å²) >= 11 is -2.35. The summed E-state index contributed by atoms with van der Waals surface area (Å²) < 4.78 is 20.4. The van der Waals surface area contributed by atoms with Crippen LogP contribution >= 0.6 is 0 Å². The van der Waals surface area contributed by atoms with Gasteiger partial charge in [-0.15, -0.1) is 0 Å². The van der Waals surface area contributed by atoms with Gasteiger partial charge in [-0.3, -0.25) is 18.0 Å². The van der Waals surface area contributed by atoms with E-state index in [4.69, 9.17) is 0 Å². The Morgan fingerprint density at radius 3 is 2.20 bits per heavy atom. The maximum Gasteiger partial charge on any atom is 0.306 e. The Morgan fingerprint density at radius 2 is 1.68 bits per heavy atom. The van der Waals surface area contributed by atoms with Crippen molar-refractivity contribution in [2.45, 2.75) is 58.8 Å². The highest BCUT2D eigenvalue weighted by Crippen LogP contribution is 2.18. The maximum absolute atomic E-state index is 12.3. The third kappa shape index (κ3) is 7.09. The molecule has 0 radical (unpaired) electrons. The van der Waals surface area contributed by atoms with Crippen LogP contribution in [0.15, 0.2) is 0 Å². The van der Waals surface area contributed by atoms with E-state index in [9.17, 15) is 23.7 Å². The number of rotatable bonds is 9. The molecule has 10 heteroatoms. The van der Waals surface area contributed by atoms with E-state index in [1.54, 1.807) is 0 Å². The van der Waals surface area contributed by atoms with Crippen molar-refractivity contribution in [2.75, 3.05) is 6.54 Å². The number of hydrogen-bond donors (Lipinski definition) is 2. The van der Waals surface area contributed by atoms with Crippen LogP contribution in [0.5, 0.6) is 0 Å². The van der Waals surface area contributed by atoms with Gasteiger partial charge in [-0.1, -0.05) is 27.7 Å². The molecule has 1 saturated heterocycles. The SMILES string of the molecule is CC(C)CCNC(=O)[C@H](CC(C)C)NC(=O)[C@@H]1OS(=O)O[C@H]1C(=O)[O-]. The average molecular weight is 377 g/mol. The second kappa shape index (κ2) is 9.83. The second-order valence-electron chi connectivity index (χ2n) is 6.72. The highest BCUT2D eigenvalue weighted by Gasteiger charge is 2.42. The van der Waals surface area contributed by atoms with Crippen molar-refractivity contribution < 1.29 is 32.1 Å². The van der Waals surface area contributed by atoms with Gasteiger partial charge < -0.3 is 20.5 Å². The molecule has 0 aromatic heterocycles. The van der Waals surface area contributed by atoms with Crippen molar-refractivity contribution in [3.63, 3.8) is 0 Å². The van der Waals surface area contributed by atoms with Gasteiger partial charge in [0.25, 0.3) is 5.91 Å². The fourth-order valence-electron chi connectivity index (χ4n) is 2.20. The van der Waals surface area contributed by atoms with Gasteiger partial charge in [0.15, 0.2) is 12.2 Å². The number of amides is 2. The smallest absolute Gasteiger partial charge is 0.306 e. The van der Waals surface area contributed by atoms with Crippen LogP contribution in [-0.4, -0.2) is 46.8 Å². The van der Waals surface area contributed by atoms with Crippen LogP contribution in [0.4, 0.5) is 0 Å². The topological polar surface area (TPSA) is 134 Å². The minimum atomic E-state index is -2.35. The Morgan fingerprint density at radius 1 is 1.08 bits per heavy atom. The Balaban J connectivity index is 2.73. The number of carbonyl (C=O) groups excluding carboxylic acids is 3. The first-order valence-corrected chi connectivity index (χ1v) is 9.16. The Hall–Kier alpha value is -1.52. The Kier molecular flexibility index (Phi) is 8.46. The van der Waals surface area contributed by atoms with Gasteiger partial charge in [0.1, 0.15) is 6.04 Å². The molecule has 144 valence electrons. The minimum Gasteiger partial charge on any atom is -0.547 e. The van der Waals surface area contributed by atoms with Crippen molar-refractivity contribution in [1.82, 2.24) is 10.6 Å². The quantitative estimate of drug-likeness (QED) is 0.515. The molecule has 1 fully saturated rings. The number of nitrogens with one attached hydrogen (secondary N) is 2. The van der Waals surface area contributed by atoms with Gasteiger partial charge in [-0.05, 0) is 24.7 Å². The van der Waals surface area contributed by atoms with Gasteiger partial charge in [0.05, 0.1) is 5.97 Å². The highest BCUT2D eigenvalue weighted by atomic mass is 32.2. The molecule has 0 spiro atoms. The lowest BCUT2D eigenvalue weighted by Gasteiger charge is -2.23. The van der Waals surface area contributed by atoms with Gasteiger partial charge in [0.2, 0.25) is 5.91 Å². The Bertz CT molecular complexity index is 524. The number of hydrogen-bond acceptors (Lipinski definition) is 7. The molecule has 9 nitrogen and oxygen atoms in total. The first-order chi connectivity index (χ1) is 11.6. The lowest BCUT2D eigenvalue weighted by Crippen LogP contribution is -2.54. The highest BCUT2D eigenvalue weighted by molar-refractivity contribution is 7.75. The van der Waals surface area contributed by atoms with Crippen LogP contribution in [0.3, 0.4) is 0 Å². The molecule has 0 aromatic carbocycles. The molecular weight excluding hydrogens is 352 g/mol. The summed E-state index contributed by atoms with van der Waals surface area (Å²) in [6.07, 6.45) is -2.28. The summed E-state index contributed by atoms with van der Waals surface area (Å²) in [7, 11) is 0. The van der Waals surface area contributed by atoms with E-state index < -0.39 is 41.5 Å².